The highest BCUT2D eigenvalue weighted by molar-refractivity contribution is 14.1. The standard InChI is InChI=1S/C13H11IN2OS/c14-12-6-8(7-18-12)13(17)16-5-4-9-10(15)2-1-3-11(9)16/h1-3,6-7H,4-5,15H2. The fraction of sp³-hybridized carbons (Fsp3) is 0.154. The van der Waals surface area contributed by atoms with E-state index in [-0.39, 0.29) is 5.91 Å². The SMILES string of the molecule is Nc1cccc2c1CCN2C(=O)c1csc(I)c1. The number of hydrogen-bond donors (Lipinski definition) is 1. The topological polar surface area (TPSA) is 46.3 Å². The highest BCUT2D eigenvalue weighted by Gasteiger charge is 2.27. The molecule has 3 rings (SSSR count). The molecule has 0 radical (unpaired) electrons. The summed E-state index contributed by atoms with van der Waals surface area (Å²) in [6, 6.07) is 7.68. The number of anilines is 2. The summed E-state index contributed by atoms with van der Waals surface area (Å²) in [7, 11) is 0. The van der Waals surface area contributed by atoms with Crippen molar-refractivity contribution in [1.29, 1.82) is 0 Å². The van der Waals surface area contributed by atoms with Gasteiger partial charge in [-0.3, -0.25) is 4.79 Å². The third kappa shape index (κ3) is 1.91. The van der Waals surface area contributed by atoms with E-state index in [1.54, 1.807) is 11.3 Å². The molecule has 2 heterocycles. The van der Waals surface area contributed by atoms with Crippen LogP contribution in [0.15, 0.2) is 29.6 Å². The highest BCUT2D eigenvalue weighted by atomic mass is 127. The first-order chi connectivity index (χ1) is 8.66. The summed E-state index contributed by atoms with van der Waals surface area (Å²) < 4.78 is 1.13. The van der Waals surface area contributed by atoms with Crippen molar-refractivity contribution in [3.63, 3.8) is 0 Å². The molecule has 0 atom stereocenters. The number of hydrogen-bond acceptors (Lipinski definition) is 3. The minimum atomic E-state index is 0.0681. The fourth-order valence-corrected chi connectivity index (χ4v) is 3.57. The van der Waals surface area contributed by atoms with E-state index in [1.807, 2.05) is 34.5 Å². The number of carbonyl (C=O) groups is 1. The van der Waals surface area contributed by atoms with E-state index in [1.165, 1.54) is 0 Å². The number of benzene rings is 1. The number of thiophene rings is 1. The van der Waals surface area contributed by atoms with Gasteiger partial charge in [0, 0.05) is 28.9 Å². The average molecular weight is 370 g/mol. The van der Waals surface area contributed by atoms with E-state index in [2.05, 4.69) is 22.6 Å². The van der Waals surface area contributed by atoms with E-state index in [0.29, 0.717) is 0 Å². The molecule has 5 heteroatoms. The zero-order chi connectivity index (χ0) is 12.7. The lowest BCUT2D eigenvalue weighted by atomic mass is 10.1. The number of amides is 1. The molecule has 92 valence electrons. The highest BCUT2D eigenvalue weighted by Crippen LogP contribution is 2.33. The normalized spacial score (nSPS) is 13.7. The molecule has 0 aliphatic carbocycles. The Kier molecular flexibility index (Phi) is 3.03. The lowest BCUT2D eigenvalue weighted by Crippen LogP contribution is -2.28. The van der Waals surface area contributed by atoms with Crippen LogP contribution in [-0.4, -0.2) is 12.5 Å². The van der Waals surface area contributed by atoms with Crippen molar-refractivity contribution in [3.8, 4) is 0 Å². The van der Waals surface area contributed by atoms with Crippen molar-refractivity contribution < 1.29 is 4.79 Å². The number of carbonyl (C=O) groups excluding carboxylic acids is 1. The van der Waals surface area contributed by atoms with Gasteiger partial charge in [-0.25, -0.2) is 0 Å². The molecule has 1 aromatic carbocycles. The van der Waals surface area contributed by atoms with E-state index in [4.69, 9.17) is 5.73 Å². The molecule has 0 unspecified atom stereocenters. The van der Waals surface area contributed by atoms with Gasteiger partial charge in [0.05, 0.1) is 8.45 Å². The molecule has 3 nitrogen and oxygen atoms in total. The van der Waals surface area contributed by atoms with Gasteiger partial charge in [-0.2, -0.15) is 0 Å². The van der Waals surface area contributed by atoms with Gasteiger partial charge in [0.25, 0.3) is 5.91 Å². The first kappa shape index (κ1) is 12.0. The fourth-order valence-electron chi connectivity index (χ4n) is 2.25. The Morgan fingerprint density at radius 1 is 1.44 bits per heavy atom. The van der Waals surface area contributed by atoms with Crippen LogP contribution in [-0.2, 0) is 6.42 Å². The molecular weight excluding hydrogens is 359 g/mol. The van der Waals surface area contributed by atoms with Crippen LogP contribution in [0.5, 0.6) is 0 Å². The molecule has 1 aliphatic rings. The van der Waals surface area contributed by atoms with Crippen LogP contribution in [0.25, 0.3) is 0 Å². The Balaban J connectivity index is 1.97. The van der Waals surface area contributed by atoms with Crippen molar-refractivity contribution in [2.24, 2.45) is 0 Å². The van der Waals surface area contributed by atoms with Crippen molar-refractivity contribution in [2.75, 3.05) is 17.2 Å². The second kappa shape index (κ2) is 4.55. The van der Waals surface area contributed by atoms with Gasteiger partial charge in [0.15, 0.2) is 0 Å². The monoisotopic (exact) mass is 370 g/mol. The van der Waals surface area contributed by atoms with Gasteiger partial charge in [-0.15, -0.1) is 11.3 Å². The number of nitrogens with zero attached hydrogens (tertiary/aromatic N) is 1. The average Bonchev–Trinajstić information content (AvgIpc) is 2.95. The molecule has 2 N–H and O–H groups in total. The summed E-state index contributed by atoms with van der Waals surface area (Å²) in [6.45, 7) is 0.717. The van der Waals surface area contributed by atoms with Crippen LogP contribution in [0.3, 0.4) is 0 Å². The quantitative estimate of drug-likeness (QED) is 0.619. The zero-order valence-corrected chi connectivity index (χ0v) is 12.5. The lowest BCUT2D eigenvalue weighted by Gasteiger charge is -2.16. The predicted octanol–water partition coefficient (Wildman–Crippen LogP) is 3.14. The maximum Gasteiger partial charge on any atom is 0.259 e. The molecular formula is C13H11IN2OS. The van der Waals surface area contributed by atoms with Gasteiger partial charge in [-0.05, 0) is 47.2 Å². The first-order valence-corrected chi connectivity index (χ1v) is 7.56. The third-order valence-corrected chi connectivity index (χ3v) is 4.91. The van der Waals surface area contributed by atoms with Crippen LogP contribution in [0.2, 0.25) is 0 Å². The largest absolute Gasteiger partial charge is 0.398 e. The van der Waals surface area contributed by atoms with Crippen LogP contribution in [0.1, 0.15) is 15.9 Å². The molecule has 0 bridgehead atoms. The van der Waals surface area contributed by atoms with Crippen LogP contribution in [0, 0.1) is 2.88 Å². The minimum Gasteiger partial charge on any atom is -0.398 e. The van der Waals surface area contributed by atoms with Crippen LogP contribution in [0.4, 0.5) is 11.4 Å². The van der Waals surface area contributed by atoms with E-state index >= 15 is 0 Å². The first-order valence-electron chi connectivity index (χ1n) is 5.60. The minimum absolute atomic E-state index is 0.0681. The predicted molar refractivity (Wildman–Crippen MR) is 83.3 cm³/mol. The van der Waals surface area contributed by atoms with E-state index in [0.717, 1.165) is 38.4 Å². The van der Waals surface area contributed by atoms with Gasteiger partial charge in [-0.1, -0.05) is 6.07 Å². The van der Waals surface area contributed by atoms with Crippen LogP contribution < -0.4 is 10.6 Å². The molecule has 1 amide bonds. The summed E-state index contributed by atoms with van der Waals surface area (Å²) in [6.07, 6.45) is 0.842. The Bertz CT molecular complexity index is 623. The second-order valence-electron chi connectivity index (χ2n) is 4.19. The summed E-state index contributed by atoms with van der Waals surface area (Å²) >= 11 is 3.82. The van der Waals surface area contributed by atoms with Crippen LogP contribution >= 0.6 is 33.9 Å². The second-order valence-corrected chi connectivity index (χ2v) is 7.00. The smallest absolute Gasteiger partial charge is 0.259 e. The molecule has 0 fully saturated rings. The summed E-state index contributed by atoms with van der Waals surface area (Å²) in [5.41, 5.74) is 9.54. The maximum atomic E-state index is 12.4. The van der Waals surface area contributed by atoms with Crippen molar-refractivity contribution >= 4 is 51.2 Å². The van der Waals surface area contributed by atoms with Gasteiger partial charge in [0.2, 0.25) is 0 Å². The van der Waals surface area contributed by atoms with Gasteiger partial charge in [0.1, 0.15) is 0 Å². The summed E-state index contributed by atoms with van der Waals surface area (Å²) in [4.78, 5) is 14.2. The zero-order valence-electron chi connectivity index (χ0n) is 9.52. The maximum absolute atomic E-state index is 12.4. The summed E-state index contributed by atoms with van der Waals surface area (Å²) in [5, 5.41) is 1.91. The Morgan fingerprint density at radius 3 is 3.00 bits per heavy atom. The Labute approximate surface area is 123 Å². The Hall–Kier alpha value is -1.08. The lowest BCUT2D eigenvalue weighted by molar-refractivity contribution is 0.0990. The van der Waals surface area contributed by atoms with Crippen molar-refractivity contribution in [3.05, 3.63) is 43.7 Å². The van der Waals surface area contributed by atoms with E-state index in [9.17, 15) is 4.79 Å². The van der Waals surface area contributed by atoms with Crippen molar-refractivity contribution in [2.45, 2.75) is 6.42 Å². The molecule has 18 heavy (non-hydrogen) atoms. The molecule has 1 aliphatic heterocycles. The Morgan fingerprint density at radius 2 is 2.28 bits per heavy atom. The molecule has 1 aromatic heterocycles. The number of nitrogen functional groups attached to an aromatic ring is 1. The molecule has 2 aromatic rings. The van der Waals surface area contributed by atoms with Crippen molar-refractivity contribution in [1.82, 2.24) is 0 Å². The molecule has 0 saturated carbocycles. The third-order valence-electron chi connectivity index (χ3n) is 3.12. The molecule has 0 spiro atoms. The van der Waals surface area contributed by atoms with Gasteiger partial charge >= 0.3 is 0 Å². The van der Waals surface area contributed by atoms with E-state index < -0.39 is 0 Å². The molecule has 0 saturated heterocycles. The number of nitrogens with two attached hydrogens (primary N) is 1. The van der Waals surface area contributed by atoms with Gasteiger partial charge < -0.3 is 10.6 Å². The number of rotatable bonds is 1. The number of halogens is 1. The summed E-state index contributed by atoms with van der Waals surface area (Å²) in [5.74, 6) is 0.0681. The number of fused-ring (bicyclic) bond motifs is 1.